The molecule has 0 unspecified atom stereocenters. The molecule has 60 valence electrons. The monoisotopic (exact) mass is 153 g/mol. The number of hydrogen-bond acceptors (Lipinski definition) is 3. The standard InChI is InChI=1S/C8H11NO2/c1-9-11-7-3-5-8-4-2-6-10-8/h2-6,9H,7H2,1H3/b5-3+. The average molecular weight is 153 g/mol. The van der Waals surface area contributed by atoms with Gasteiger partial charge in [-0.25, -0.2) is 5.48 Å². The zero-order valence-electron chi connectivity index (χ0n) is 6.41. The van der Waals surface area contributed by atoms with Gasteiger partial charge >= 0.3 is 0 Å². The summed E-state index contributed by atoms with van der Waals surface area (Å²) >= 11 is 0. The van der Waals surface area contributed by atoms with Gasteiger partial charge in [-0.2, -0.15) is 0 Å². The van der Waals surface area contributed by atoms with Crippen molar-refractivity contribution in [2.75, 3.05) is 13.7 Å². The molecule has 11 heavy (non-hydrogen) atoms. The molecule has 0 bridgehead atoms. The maximum atomic E-state index is 5.05. The van der Waals surface area contributed by atoms with Crippen LogP contribution in [0.2, 0.25) is 0 Å². The van der Waals surface area contributed by atoms with E-state index in [0.717, 1.165) is 5.76 Å². The molecule has 0 amide bonds. The largest absolute Gasteiger partial charge is 0.465 e. The predicted molar refractivity (Wildman–Crippen MR) is 42.8 cm³/mol. The van der Waals surface area contributed by atoms with E-state index >= 15 is 0 Å². The molecule has 0 aliphatic carbocycles. The maximum Gasteiger partial charge on any atom is 0.126 e. The van der Waals surface area contributed by atoms with Gasteiger partial charge in [-0.3, -0.25) is 4.84 Å². The third-order valence-corrected chi connectivity index (χ3v) is 1.15. The summed E-state index contributed by atoms with van der Waals surface area (Å²) in [4.78, 5) is 4.85. The summed E-state index contributed by atoms with van der Waals surface area (Å²) in [6, 6.07) is 3.73. The fraction of sp³-hybridized carbons (Fsp3) is 0.250. The van der Waals surface area contributed by atoms with E-state index in [0.29, 0.717) is 6.61 Å². The highest BCUT2D eigenvalue weighted by Gasteiger charge is 1.85. The highest BCUT2D eigenvalue weighted by atomic mass is 16.6. The fourth-order valence-electron chi connectivity index (χ4n) is 0.682. The first-order valence-electron chi connectivity index (χ1n) is 3.42. The number of hydrogen-bond donors (Lipinski definition) is 1. The summed E-state index contributed by atoms with van der Waals surface area (Å²) in [5.74, 6) is 0.838. The summed E-state index contributed by atoms with van der Waals surface area (Å²) < 4.78 is 5.05. The van der Waals surface area contributed by atoms with Gasteiger partial charge in [-0.1, -0.05) is 6.08 Å². The van der Waals surface area contributed by atoms with E-state index in [9.17, 15) is 0 Å². The maximum absolute atomic E-state index is 5.05. The second-order valence-electron chi connectivity index (χ2n) is 1.93. The minimum atomic E-state index is 0.539. The predicted octanol–water partition coefficient (Wildman–Crippen LogP) is 1.44. The van der Waals surface area contributed by atoms with E-state index in [4.69, 9.17) is 9.25 Å². The third-order valence-electron chi connectivity index (χ3n) is 1.15. The highest BCUT2D eigenvalue weighted by molar-refractivity contribution is 5.41. The lowest BCUT2D eigenvalue weighted by atomic mass is 10.4. The normalized spacial score (nSPS) is 11.0. The second-order valence-corrected chi connectivity index (χ2v) is 1.93. The molecule has 1 aromatic rings. The van der Waals surface area contributed by atoms with Crippen molar-refractivity contribution in [3.05, 3.63) is 30.2 Å². The summed E-state index contributed by atoms with van der Waals surface area (Å²) in [5.41, 5.74) is 2.57. The molecule has 1 rings (SSSR count). The summed E-state index contributed by atoms with van der Waals surface area (Å²) in [7, 11) is 1.72. The van der Waals surface area contributed by atoms with Crippen LogP contribution in [0.15, 0.2) is 28.9 Å². The van der Waals surface area contributed by atoms with E-state index in [-0.39, 0.29) is 0 Å². The van der Waals surface area contributed by atoms with Crippen molar-refractivity contribution in [3.8, 4) is 0 Å². The molecule has 0 aromatic carbocycles. The number of nitrogens with one attached hydrogen (secondary N) is 1. The van der Waals surface area contributed by atoms with Crippen LogP contribution in [0.25, 0.3) is 6.08 Å². The first kappa shape index (κ1) is 8.04. The molecule has 3 nitrogen and oxygen atoms in total. The number of furan rings is 1. The van der Waals surface area contributed by atoms with Crippen LogP contribution in [0.4, 0.5) is 0 Å². The molecule has 0 fully saturated rings. The van der Waals surface area contributed by atoms with Crippen LogP contribution in [0.5, 0.6) is 0 Å². The van der Waals surface area contributed by atoms with E-state index in [1.54, 1.807) is 13.3 Å². The van der Waals surface area contributed by atoms with Gasteiger partial charge in [0.2, 0.25) is 0 Å². The highest BCUT2D eigenvalue weighted by Crippen LogP contribution is 2.01. The van der Waals surface area contributed by atoms with Crippen molar-refractivity contribution in [1.82, 2.24) is 5.48 Å². The van der Waals surface area contributed by atoms with Gasteiger partial charge in [0, 0.05) is 7.05 Å². The first-order valence-corrected chi connectivity index (χ1v) is 3.42. The van der Waals surface area contributed by atoms with Crippen LogP contribution in [-0.2, 0) is 4.84 Å². The van der Waals surface area contributed by atoms with Crippen molar-refractivity contribution in [2.24, 2.45) is 0 Å². The van der Waals surface area contributed by atoms with Crippen LogP contribution in [0.3, 0.4) is 0 Å². The number of hydroxylamine groups is 1. The minimum absolute atomic E-state index is 0.539. The molecule has 1 aromatic heterocycles. The quantitative estimate of drug-likeness (QED) is 0.525. The van der Waals surface area contributed by atoms with Crippen molar-refractivity contribution in [1.29, 1.82) is 0 Å². The molecule has 0 saturated heterocycles. The van der Waals surface area contributed by atoms with Crippen molar-refractivity contribution in [2.45, 2.75) is 0 Å². The molecular weight excluding hydrogens is 142 g/mol. The smallest absolute Gasteiger partial charge is 0.126 e. The van der Waals surface area contributed by atoms with Crippen LogP contribution in [0.1, 0.15) is 5.76 Å². The number of rotatable bonds is 4. The van der Waals surface area contributed by atoms with Gasteiger partial charge in [0.15, 0.2) is 0 Å². The molecule has 0 spiro atoms. The lowest BCUT2D eigenvalue weighted by Crippen LogP contribution is -2.06. The Morgan fingerprint density at radius 1 is 1.73 bits per heavy atom. The molecule has 1 heterocycles. The van der Waals surface area contributed by atoms with Gasteiger partial charge < -0.3 is 4.42 Å². The fourth-order valence-corrected chi connectivity index (χ4v) is 0.682. The van der Waals surface area contributed by atoms with Gasteiger partial charge in [-0.05, 0) is 18.2 Å². The molecule has 1 N–H and O–H groups in total. The zero-order valence-corrected chi connectivity index (χ0v) is 6.41. The summed E-state index contributed by atoms with van der Waals surface area (Å²) in [6.45, 7) is 0.539. The van der Waals surface area contributed by atoms with E-state index in [2.05, 4.69) is 5.48 Å². The Morgan fingerprint density at radius 2 is 2.64 bits per heavy atom. The van der Waals surface area contributed by atoms with Gasteiger partial charge in [0.1, 0.15) is 5.76 Å². The van der Waals surface area contributed by atoms with Crippen molar-refractivity contribution < 1.29 is 9.25 Å². The van der Waals surface area contributed by atoms with Crippen LogP contribution in [0, 0.1) is 0 Å². The van der Waals surface area contributed by atoms with E-state index < -0.39 is 0 Å². The third kappa shape index (κ3) is 3.02. The molecular formula is C8H11NO2. The van der Waals surface area contributed by atoms with Crippen molar-refractivity contribution in [3.63, 3.8) is 0 Å². The SMILES string of the molecule is CNOC/C=C/c1ccco1. The van der Waals surface area contributed by atoms with Gasteiger partial charge in [0.05, 0.1) is 12.9 Å². The van der Waals surface area contributed by atoms with Gasteiger partial charge in [-0.15, -0.1) is 0 Å². The Balaban J connectivity index is 2.25. The Morgan fingerprint density at radius 3 is 3.27 bits per heavy atom. The topological polar surface area (TPSA) is 34.4 Å². The Labute approximate surface area is 65.6 Å². The second kappa shape index (κ2) is 4.71. The van der Waals surface area contributed by atoms with Crippen LogP contribution in [-0.4, -0.2) is 13.7 Å². The lowest BCUT2D eigenvalue weighted by molar-refractivity contribution is 0.0814. The summed E-state index contributed by atoms with van der Waals surface area (Å²) in [6.07, 6.45) is 5.37. The van der Waals surface area contributed by atoms with Crippen LogP contribution < -0.4 is 5.48 Å². The molecule has 3 heteroatoms. The molecule has 0 aliphatic heterocycles. The first-order chi connectivity index (χ1) is 5.43. The summed E-state index contributed by atoms with van der Waals surface area (Å²) in [5, 5.41) is 0. The molecule has 0 atom stereocenters. The molecule has 0 saturated carbocycles. The lowest BCUT2D eigenvalue weighted by Gasteiger charge is -1.92. The Hall–Kier alpha value is -1.06. The molecule has 0 aliphatic rings. The minimum Gasteiger partial charge on any atom is -0.465 e. The average Bonchev–Trinajstić information content (AvgIpc) is 2.50. The van der Waals surface area contributed by atoms with Crippen LogP contribution >= 0.6 is 0 Å². The Kier molecular flexibility index (Phi) is 3.44. The van der Waals surface area contributed by atoms with E-state index in [1.807, 2.05) is 24.3 Å². The van der Waals surface area contributed by atoms with Gasteiger partial charge in [0.25, 0.3) is 0 Å². The van der Waals surface area contributed by atoms with Crippen molar-refractivity contribution >= 4 is 6.08 Å². The molecule has 0 radical (unpaired) electrons. The zero-order chi connectivity index (χ0) is 7.94. The van der Waals surface area contributed by atoms with E-state index in [1.165, 1.54) is 0 Å². The Bertz CT molecular complexity index is 204.